The molecule has 0 aliphatic carbocycles. The third-order valence-electron chi connectivity index (χ3n) is 7.12. The minimum Gasteiger partial charge on any atom is -0.507 e. The van der Waals surface area contributed by atoms with Crippen LogP contribution in [0.25, 0.3) is 5.76 Å². The van der Waals surface area contributed by atoms with Crippen molar-refractivity contribution in [3.05, 3.63) is 69.8 Å². The number of ether oxygens (including phenoxy) is 2. The Bertz CT molecular complexity index is 1140. The van der Waals surface area contributed by atoms with Crippen LogP contribution in [0.4, 0.5) is 0 Å². The molecule has 2 unspecified atom stereocenters. The van der Waals surface area contributed by atoms with Crippen LogP contribution in [-0.4, -0.2) is 48.1 Å². The number of aliphatic hydroxyl groups excluding tert-OH is 1. The van der Waals surface area contributed by atoms with E-state index >= 15 is 0 Å². The second-order valence-electron chi connectivity index (χ2n) is 9.75. The molecule has 35 heavy (non-hydrogen) atoms. The number of carbonyl (C=O) groups excluding carboxylic acids is 2. The summed E-state index contributed by atoms with van der Waals surface area (Å²) < 4.78 is 11.3. The predicted molar refractivity (Wildman–Crippen MR) is 136 cm³/mol. The molecular formula is C29H35NO5. The Kier molecular flexibility index (Phi) is 7.31. The van der Waals surface area contributed by atoms with Crippen LogP contribution in [0.1, 0.15) is 73.4 Å². The highest BCUT2D eigenvalue weighted by Crippen LogP contribution is 2.42. The highest BCUT2D eigenvalue weighted by atomic mass is 16.5. The number of aliphatic hydroxyl groups is 1. The van der Waals surface area contributed by atoms with Crippen molar-refractivity contribution < 1.29 is 24.2 Å². The molecule has 2 saturated heterocycles. The van der Waals surface area contributed by atoms with Gasteiger partial charge >= 0.3 is 0 Å². The number of hydrogen-bond donors (Lipinski definition) is 1. The molecule has 0 bridgehead atoms. The number of ketones is 1. The van der Waals surface area contributed by atoms with Gasteiger partial charge in [0.15, 0.2) is 0 Å². The molecule has 0 saturated carbocycles. The van der Waals surface area contributed by atoms with Crippen molar-refractivity contribution >= 4 is 17.4 Å². The van der Waals surface area contributed by atoms with Crippen molar-refractivity contribution in [3.8, 4) is 5.75 Å². The summed E-state index contributed by atoms with van der Waals surface area (Å²) in [5, 5.41) is 11.6. The smallest absolute Gasteiger partial charge is 0.295 e. The lowest BCUT2D eigenvalue weighted by molar-refractivity contribution is -0.140. The van der Waals surface area contributed by atoms with Gasteiger partial charge in [-0.1, -0.05) is 45.0 Å². The molecule has 4 rings (SSSR count). The number of aryl methyl sites for hydroxylation is 2. The molecule has 2 aliphatic heterocycles. The lowest BCUT2D eigenvalue weighted by Gasteiger charge is -2.28. The number of carbonyl (C=O) groups is 2. The summed E-state index contributed by atoms with van der Waals surface area (Å²) in [6.45, 7) is 9.03. The molecule has 1 N–H and O–H groups in total. The summed E-state index contributed by atoms with van der Waals surface area (Å²) >= 11 is 0. The number of methoxy groups -OCH3 is 1. The normalized spacial score (nSPS) is 21.8. The largest absolute Gasteiger partial charge is 0.507 e. The van der Waals surface area contributed by atoms with Crippen LogP contribution < -0.4 is 4.74 Å². The molecule has 2 atom stereocenters. The standard InChI is InChI=1S/C29H35NO5/c1-6-19-9-11-20(12-10-19)26-25(28(32)29(33)30(26)16-21-8-7-13-35-21)27(31)23-15-22(17(2)3)24(34-5)14-18(23)4/h9-12,14-15,17,21,26,31H,6-8,13,16H2,1-5H3/b27-25+. The van der Waals surface area contributed by atoms with E-state index in [-0.39, 0.29) is 23.4 Å². The predicted octanol–water partition coefficient (Wildman–Crippen LogP) is 5.29. The van der Waals surface area contributed by atoms with E-state index in [9.17, 15) is 14.7 Å². The summed E-state index contributed by atoms with van der Waals surface area (Å²) in [6.07, 6.45) is 2.56. The second-order valence-corrected chi connectivity index (χ2v) is 9.75. The topological polar surface area (TPSA) is 76.1 Å². The molecule has 0 aromatic heterocycles. The zero-order valence-corrected chi connectivity index (χ0v) is 21.3. The summed E-state index contributed by atoms with van der Waals surface area (Å²) in [5.41, 5.74) is 4.33. The Hall–Kier alpha value is -3.12. The number of benzene rings is 2. The Morgan fingerprint density at radius 2 is 1.91 bits per heavy atom. The number of nitrogens with zero attached hydrogens (tertiary/aromatic N) is 1. The van der Waals surface area contributed by atoms with Crippen LogP contribution in [-0.2, 0) is 20.7 Å². The van der Waals surface area contributed by atoms with E-state index in [1.54, 1.807) is 12.0 Å². The van der Waals surface area contributed by atoms with Gasteiger partial charge in [-0.25, -0.2) is 0 Å². The van der Waals surface area contributed by atoms with Crippen molar-refractivity contribution in [3.63, 3.8) is 0 Å². The molecule has 1 amide bonds. The van der Waals surface area contributed by atoms with E-state index in [4.69, 9.17) is 9.47 Å². The average molecular weight is 478 g/mol. The van der Waals surface area contributed by atoms with E-state index in [1.165, 1.54) is 0 Å². The molecule has 2 aromatic rings. The first-order chi connectivity index (χ1) is 16.8. The fraction of sp³-hybridized carbons (Fsp3) is 0.448. The van der Waals surface area contributed by atoms with E-state index in [0.29, 0.717) is 18.7 Å². The average Bonchev–Trinajstić information content (AvgIpc) is 3.45. The molecule has 2 aromatic carbocycles. The molecule has 2 heterocycles. The van der Waals surface area contributed by atoms with Gasteiger partial charge in [0.2, 0.25) is 0 Å². The summed E-state index contributed by atoms with van der Waals surface area (Å²) in [7, 11) is 1.62. The van der Waals surface area contributed by atoms with Gasteiger partial charge in [-0.05, 0) is 66.5 Å². The molecule has 186 valence electrons. The molecular weight excluding hydrogens is 442 g/mol. The first-order valence-electron chi connectivity index (χ1n) is 12.4. The maximum absolute atomic E-state index is 13.4. The van der Waals surface area contributed by atoms with Crippen molar-refractivity contribution in [1.29, 1.82) is 0 Å². The first-order valence-corrected chi connectivity index (χ1v) is 12.4. The quantitative estimate of drug-likeness (QED) is 0.333. The minimum absolute atomic E-state index is 0.110. The SMILES string of the molecule is CCc1ccc(C2/C(=C(\O)c3cc(C(C)C)c(OC)cc3C)C(=O)C(=O)N2CC2CCCO2)cc1. The van der Waals surface area contributed by atoms with Gasteiger partial charge < -0.3 is 19.5 Å². The van der Waals surface area contributed by atoms with Gasteiger partial charge in [0.25, 0.3) is 11.7 Å². The molecule has 0 spiro atoms. The molecule has 6 heteroatoms. The fourth-order valence-corrected chi connectivity index (χ4v) is 5.08. The maximum atomic E-state index is 13.4. The third-order valence-corrected chi connectivity index (χ3v) is 7.12. The van der Waals surface area contributed by atoms with E-state index in [0.717, 1.165) is 47.3 Å². The van der Waals surface area contributed by atoms with Gasteiger partial charge in [0, 0.05) is 18.7 Å². The Labute approximate surface area is 207 Å². The molecule has 2 aliphatic rings. The van der Waals surface area contributed by atoms with Gasteiger partial charge in [-0.3, -0.25) is 9.59 Å². The highest BCUT2D eigenvalue weighted by Gasteiger charge is 2.47. The summed E-state index contributed by atoms with van der Waals surface area (Å²) in [4.78, 5) is 28.2. The fourth-order valence-electron chi connectivity index (χ4n) is 5.08. The Morgan fingerprint density at radius 3 is 2.49 bits per heavy atom. The molecule has 2 fully saturated rings. The van der Waals surface area contributed by atoms with E-state index in [2.05, 4.69) is 6.92 Å². The van der Waals surface area contributed by atoms with Gasteiger partial charge in [0.05, 0.1) is 24.8 Å². The number of rotatable bonds is 7. The van der Waals surface area contributed by atoms with Gasteiger partial charge in [-0.15, -0.1) is 0 Å². The minimum atomic E-state index is -0.672. The first kappa shape index (κ1) is 25.0. The van der Waals surface area contributed by atoms with Crippen molar-refractivity contribution in [2.24, 2.45) is 0 Å². The Balaban J connectivity index is 1.87. The maximum Gasteiger partial charge on any atom is 0.295 e. The zero-order chi connectivity index (χ0) is 25.3. The number of amides is 1. The zero-order valence-electron chi connectivity index (χ0n) is 21.3. The van der Waals surface area contributed by atoms with Crippen LogP contribution in [0.2, 0.25) is 0 Å². The van der Waals surface area contributed by atoms with Crippen LogP contribution in [0.3, 0.4) is 0 Å². The monoisotopic (exact) mass is 477 g/mol. The van der Waals surface area contributed by atoms with Crippen LogP contribution in [0.5, 0.6) is 5.75 Å². The summed E-state index contributed by atoms with van der Waals surface area (Å²) in [6, 6.07) is 11.0. The number of Topliss-reactive ketones (excluding diaryl/α,β-unsaturated/α-hetero) is 1. The van der Waals surface area contributed by atoms with Crippen molar-refractivity contribution in [2.75, 3.05) is 20.3 Å². The van der Waals surface area contributed by atoms with Crippen LogP contribution >= 0.6 is 0 Å². The third kappa shape index (κ3) is 4.72. The Morgan fingerprint density at radius 1 is 1.20 bits per heavy atom. The van der Waals surface area contributed by atoms with Gasteiger partial charge in [-0.2, -0.15) is 0 Å². The van der Waals surface area contributed by atoms with Crippen LogP contribution in [0, 0.1) is 6.92 Å². The van der Waals surface area contributed by atoms with Crippen molar-refractivity contribution in [2.45, 2.75) is 65.0 Å². The molecule has 0 radical (unpaired) electrons. The number of hydrogen-bond acceptors (Lipinski definition) is 5. The molecule has 6 nitrogen and oxygen atoms in total. The second kappa shape index (κ2) is 10.2. The lowest BCUT2D eigenvalue weighted by Crippen LogP contribution is -2.36. The van der Waals surface area contributed by atoms with Crippen molar-refractivity contribution in [1.82, 2.24) is 4.90 Å². The van der Waals surface area contributed by atoms with E-state index < -0.39 is 17.7 Å². The van der Waals surface area contributed by atoms with Crippen LogP contribution in [0.15, 0.2) is 42.0 Å². The highest BCUT2D eigenvalue weighted by molar-refractivity contribution is 6.46. The van der Waals surface area contributed by atoms with E-state index in [1.807, 2.05) is 57.2 Å². The number of likely N-dealkylation sites (tertiary alicyclic amines) is 1. The summed E-state index contributed by atoms with van der Waals surface area (Å²) in [5.74, 6) is -0.519. The van der Waals surface area contributed by atoms with Gasteiger partial charge in [0.1, 0.15) is 11.5 Å². The lowest BCUT2D eigenvalue weighted by atomic mass is 9.90.